The lowest BCUT2D eigenvalue weighted by atomic mass is 10.2. The van der Waals surface area contributed by atoms with Gasteiger partial charge in [0.1, 0.15) is 11.5 Å². The monoisotopic (exact) mass is 324 g/mol. The molecule has 23 heavy (non-hydrogen) atoms. The van der Waals surface area contributed by atoms with E-state index in [4.69, 9.17) is 4.74 Å². The number of aromatic nitrogens is 2. The van der Waals surface area contributed by atoms with Gasteiger partial charge in [0, 0.05) is 11.6 Å². The fraction of sp³-hybridized carbons (Fsp3) is 0.0588. The van der Waals surface area contributed by atoms with E-state index >= 15 is 0 Å². The minimum absolute atomic E-state index is 0.0691. The number of nitrogens with zero attached hydrogens (tertiary/aromatic N) is 2. The minimum atomic E-state index is -0.131. The average Bonchev–Trinajstić information content (AvgIpc) is 3.06. The first kappa shape index (κ1) is 13.8. The quantitative estimate of drug-likeness (QED) is 0.614. The molecule has 0 aliphatic rings. The number of phenolic OH excluding ortho intramolecular Hbond substituents is 1. The minimum Gasteiger partial charge on any atom is -0.507 e. The SMILES string of the molecule is COc1ccc(/C=c2\sc3nc4ccccc4n3c2=O)c(O)c1. The van der Waals surface area contributed by atoms with E-state index in [1.54, 1.807) is 22.6 Å². The van der Waals surface area contributed by atoms with Crippen LogP contribution in [-0.4, -0.2) is 21.6 Å². The van der Waals surface area contributed by atoms with Crippen LogP contribution in [0.5, 0.6) is 11.5 Å². The predicted molar refractivity (Wildman–Crippen MR) is 90.3 cm³/mol. The first-order valence-corrected chi connectivity index (χ1v) is 7.78. The lowest BCUT2D eigenvalue weighted by Gasteiger charge is -2.02. The van der Waals surface area contributed by atoms with E-state index in [1.165, 1.54) is 24.5 Å². The van der Waals surface area contributed by atoms with Gasteiger partial charge in [-0.05, 0) is 30.3 Å². The topological polar surface area (TPSA) is 63.8 Å². The fourth-order valence-electron chi connectivity index (χ4n) is 2.53. The van der Waals surface area contributed by atoms with Crippen LogP contribution in [0.3, 0.4) is 0 Å². The molecule has 1 N–H and O–H groups in total. The summed E-state index contributed by atoms with van der Waals surface area (Å²) in [6, 6.07) is 12.5. The van der Waals surface area contributed by atoms with Crippen LogP contribution in [0, 0.1) is 0 Å². The molecule has 0 saturated heterocycles. The highest BCUT2D eigenvalue weighted by atomic mass is 32.1. The van der Waals surface area contributed by atoms with Gasteiger partial charge in [-0.15, -0.1) is 0 Å². The van der Waals surface area contributed by atoms with Gasteiger partial charge in [-0.1, -0.05) is 23.5 Å². The molecule has 4 rings (SSSR count). The maximum absolute atomic E-state index is 12.6. The summed E-state index contributed by atoms with van der Waals surface area (Å²) < 4.78 is 7.19. The van der Waals surface area contributed by atoms with Crippen LogP contribution in [0.15, 0.2) is 47.3 Å². The third kappa shape index (κ3) is 2.15. The molecule has 0 spiro atoms. The molecule has 2 aromatic carbocycles. The molecule has 0 aliphatic carbocycles. The number of rotatable bonds is 2. The Morgan fingerprint density at radius 1 is 1.26 bits per heavy atom. The number of ether oxygens (including phenoxy) is 1. The second-order valence-electron chi connectivity index (χ2n) is 5.06. The standard InChI is InChI=1S/C17H12N2O3S/c1-22-11-7-6-10(14(20)9-11)8-15-16(21)19-13-5-3-2-4-12(13)18-17(19)23-15/h2-9,20H,1H3/b15-8-. The number of para-hydroxylation sites is 2. The highest BCUT2D eigenvalue weighted by Crippen LogP contribution is 2.24. The summed E-state index contributed by atoms with van der Waals surface area (Å²) >= 11 is 1.30. The Morgan fingerprint density at radius 2 is 2.09 bits per heavy atom. The number of methoxy groups -OCH3 is 1. The molecular formula is C17H12N2O3S. The maximum atomic E-state index is 12.6. The number of aromatic hydroxyl groups is 1. The largest absolute Gasteiger partial charge is 0.507 e. The normalized spacial score (nSPS) is 12.3. The molecule has 114 valence electrons. The molecule has 6 heteroatoms. The summed E-state index contributed by atoms with van der Waals surface area (Å²) in [5.74, 6) is 0.633. The van der Waals surface area contributed by atoms with E-state index in [0.29, 0.717) is 20.8 Å². The Kier molecular flexibility index (Phi) is 3.06. The van der Waals surface area contributed by atoms with Crippen molar-refractivity contribution in [3.05, 3.63) is 62.9 Å². The highest BCUT2D eigenvalue weighted by Gasteiger charge is 2.11. The zero-order chi connectivity index (χ0) is 16.0. The van der Waals surface area contributed by atoms with Crippen molar-refractivity contribution < 1.29 is 9.84 Å². The molecule has 2 aromatic heterocycles. The van der Waals surface area contributed by atoms with Gasteiger partial charge < -0.3 is 9.84 Å². The van der Waals surface area contributed by atoms with Crippen LogP contribution in [-0.2, 0) is 0 Å². The van der Waals surface area contributed by atoms with E-state index in [0.717, 1.165) is 11.0 Å². The molecule has 0 bridgehead atoms. The van der Waals surface area contributed by atoms with Crippen molar-refractivity contribution >= 4 is 33.4 Å². The Bertz CT molecular complexity index is 1140. The molecule has 0 aliphatic heterocycles. The van der Waals surface area contributed by atoms with E-state index in [2.05, 4.69) is 4.98 Å². The molecule has 4 aromatic rings. The lowest BCUT2D eigenvalue weighted by Crippen LogP contribution is -2.22. The molecule has 0 saturated carbocycles. The van der Waals surface area contributed by atoms with Crippen LogP contribution < -0.4 is 14.8 Å². The summed E-state index contributed by atoms with van der Waals surface area (Å²) in [6.07, 6.45) is 1.67. The Morgan fingerprint density at radius 3 is 2.87 bits per heavy atom. The summed E-state index contributed by atoms with van der Waals surface area (Å²) in [5.41, 5.74) is 2.03. The van der Waals surface area contributed by atoms with Gasteiger partial charge in [0.25, 0.3) is 5.56 Å². The number of benzene rings is 2. The van der Waals surface area contributed by atoms with E-state index < -0.39 is 0 Å². The van der Waals surface area contributed by atoms with Crippen molar-refractivity contribution in [1.82, 2.24) is 9.38 Å². The van der Waals surface area contributed by atoms with E-state index in [-0.39, 0.29) is 11.3 Å². The molecule has 2 heterocycles. The first-order chi connectivity index (χ1) is 11.2. The first-order valence-electron chi connectivity index (χ1n) is 6.96. The smallest absolute Gasteiger partial charge is 0.274 e. The summed E-state index contributed by atoms with van der Waals surface area (Å²) in [7, 11) is 1.54. The van der Waals surface area contributed by atoms with Crippen molar-refractivity contribution in [2.24, 2.45) is 0 Å². The maximum Gasteiger partial charge on any atom is 0.274 e. The number of hydrogen-bond donors (Lipinski definition) is 1. The van der Waals surface area contributed by atoms with Gasteiger partial charge >= 0.3 is 0 Å². The van der Waals surface area contributed by atoms with Gasteiger partial charge in [0.15, 0.2) is 4.96 Å². The third-order valence-corrected chi connectivity index (χ3v) is 4.64. The zero-order valence-electron chi connectivity index (χ0n) is 12.2. The predicted octanol–water partition coefficient (Wildman–Crippen LogP) is 2.17. The molecular weight excluding hydrogens is 312 g/mol. The van der Waals surface area contributed by atoms with Gasteiger partial charge in [-0.2, -0.15) is 0 Å². The molecule has 0 fully saturated rings. The van der Waals surface area contributed by atoms with Gasteiger partial charge in [0.2, 0.25) is 0 Å². The number of phenols is 1. The van der Waals surface area contributed by atoms with Crippen molar-refractivity contribution in [2.45, 2.75) is 0 Å². The van der Waals surface area contributed by atoms with Crippen LogP contribution in [0.4, 0.5) is 0 Å². The zero-order valence-corrected chi connectivity index (χ0v) is 13.0. The lowest BCUT2D eigenvalue weighted by molar-refractivity contribution is 0.407. The number of imidazole rings is 1. The number of thiazole rings is 1. The second kappa shape index (κ2) is 5.10. The Labute approximate surface area is 134 Å². The van der Waals surface area contributed by atoms with Crippen LogP contribution in [0.1, 0.15) is 5.56 Å². The Balaban J connectivity index is 1.96. The Hall–Kier alpha value is -2.86. The van der Waals surface area contributed by atoms with Crippen LogP contribution >= 0.6 is 11.3 Å². The van der Waals surface area contributed by atoms with Crippen molar-refractivity contribution in [3.8, 4) is 11.5 Å². The van der Waals surface area contributed by atoms with E-state index in [1.807, 2.05) is 24.3 Å². The van der Waals surface area contributed by atoms with Crippen LogP contribution in [0.25, 0.3) is 22.1 Å². The molecule has 0 radical (unpaired) electrons. The second-order valence-corrected chi connectivity index (χ2v) is 6.07. The number of fused-ring (bicyclic) bond motifs is 3. The summed E-state index contributed by atoms with van der Waals surface area (Å²) in [5, 5.41) is 10.0. The fourth-order valence-corrected chi connectivity index (χ4v) is 3.50. The van der Waals surface area contributed by atoms with Crippen molar-refractivity contribution in [1.29, 1.82) is 0 Å². The van der Waals surface area contributed by atoms with Crippen molar-refractivity contribution in [2.75, 3.05) is 7.11 Å². The molecule has 0 amide bonds. The molecule has 0 unspecified atom stereocenters. The van der Waals surface area contributed by atoms with Crippen molar-refractivity contribution in [3.63, 3.8) is 0 Å². The molecule has 5 nitrogen and oxygen atoms in total. The highest BCUT2D eigenvalue weighted by molar-refractivity contribution is 7.15. The molecule has 0 atom stereocenters. The summed E-state index contributed by atoms with van der Waals surface area (Å²) in [4.78, 5) is 17.8. The van der Waals surface area contributed by atoms with Crippen LogP contribution in [0.2, 0.25) is 0 Å². The van der Waals surface area contributed by atoms with Gasteiger partial charge in [-0.25, -0.2) is 9.38 Å². The van der Waals surface area contributed by atoms with Gasteiger partial charge in [0.05, 0.1) is 22.7 Å². The number of hydrogen-bond acceptors (Lipinski definition) is 5. The third-order valence-electron chi connectivity index (χ3n) is 3.67. The summed E-state index contributed by atoms with van der Waals surface area (Å²) in [6.45, 7) is 0. The average molecular weight is 324 g/mol. The van der Waals surface area contributed by atoms with Gasteiger partial charge in [-0.3, -0.25) is 4.79 Å². The van der Waals surface area contributed by atoms with E-state index in [9.17, 15) is 9.90 Å².